The lowest BCUT2D eigenvalue weighted by molar-refractivity contribution is 0.0908. The molecule has 1 unspecified atom stereocenters. The molecule has 0 aliphatic carbocycles. The molecule has 2 heteroatoms. The molecule has 0 aromatic carbocycles. The number of aliphatic hydroxyl groups is 1. The minimum Gasteiger partial charge on any atom is -0.393 e. The normalized spacial score (nSPS) is 24.6. The molecule has 1 rings (SSSR count). The van der Waals surface area contributed by atoms with Crippen LogP contribution >= 0.6 is 0 Å². The molecular formula is C8H16NO. The predicted molar refractivity (Wildman–Crippen MR) is 41.6 cm³/mol. The van der Waals surface area contributed by atoms with Gasteiger partial charge >= 0.3 is 0 Å². The first-order chi connectivity index (χ1) is 4.84. The van der Waals surface area contributed by atoms with E-state index >= 15 is 0 Å². The van der Waals surface area contributed by atoms with Crippen molar-refractivity contribution >= 4 is 0 Å². The standard InChI is InChI=1S/C8H16NO/c1-2-8(10)7-3-5-9-6-4-7/h7-10H,1-6H2. The lowest BCUT2D eigenvalue weighted by atomic mass is 9.91. The summed E-state index contributed by atoms with van der Waals surface area (Å²) in [4.78, 5) is 0. The van der Waals surface area contributed by atoms with E-state index in [-0.39, 0.29) is 6.10 Å². The van der Waals surface area contributed by atoms with E-state index in [2.05, 4.69) is 12.2 Å². The fraction of sp³-hybridized carbons (Fsp3) is 0.875. The van der Waals surface area contributed by atoms with Crippen LogP contribution in [0.3, 0.4) is 0 Å². The Labute approximate surface area is 62.6 Å². The number of nitrogens with one attached hydrogen (secondary N) is 1. The Balaban J connectivity index is 2.24. The van der Waals surface area contributed by atoms with Crippen molar-refractivity contribution in [3.8, 4) is 0 Å². The van der Waals surface area contributed by atoms with Crippen LogP contribution in [0.4, 0.5) is 0 Å². The van der Waals surface area contributed by atoms with Crippen molar-refractivity contribution in [1.82, 2.24) is 5.32 Å². The summed E-state index contributed by atoms with van der Waals surface area (Å²) in [6.07, 6.45) is 2.71. The zero-order valence-electron chi connectivity index (χ0n) is 6.34. The molecule has 0 amide bonds. The summed E-state index contributed by atoms with van der Waals surface area (Å²) in [5, 5.41) is 12.7. The van der Waals surface area contributed by atoms with Crippen LogP contribution < -0.4 is 5.32 Å². The van der Waals surface area contributed by atoms with Crippen molar-refractivity contribution in [2.45, 2.75) is 25.4 Å². The average molecular weight is 142 g/mol. The zero-order valence-corrected chi connectivity index (χ0v) is 6.34. The minimum absolute atomic E-state index is 0.165. The molecule has 0 spiro atoms. The second-order valence-corrected chi connectivity index (χ2v) is 2.94. The average Bonchev–Trinajstić information content (AvgIpc) is 2.05. The van der Waals surface area contributed by atoms with Crippen molar-refractivity contribution in [3.05, 3.63) is 6.92 Å². The van der Waals surface area contributed by atoms with E-state index in [9.17, 15) is 5.11 Å². The monoisotopic (exact) mass is 142 g/mol. The second kappa shape index (κ2) is 3.94. The van der Waals surface area contributed by atoms with E-state index < -0.39 is 0 Å². The molecule has 2 N–H and O–H groups in total. The van der Waals surface area contributed by atoms with Gasteiger partial charge in [-0.3, -0.25) is 0 Å². The van der Waals surface area contributed by atoms with Gasteiger partial charge in [-0.15, -0.1) is 0 Å². The molecule has 0 saturated carbocycles. The largest absolute Gasteiger partial charge is 0.393 e. The Morgan fingerprint density at radius 1 is 1.50 bits per heavy atom. The van der Waals surface area contributed by atoms with Crippen LogP contribution in [-0.4, -0.2) is 24.3 Å². The van der Waals surface area contributed by atoms with Gasteiger partial charge in [0.15, 0.2) is 0 Å². The molecule has 1 aliphatic heterocycles. The van der Waals surface area contributed by atoms with Crippen LogP contribution in [0.2, 0.25) is 0 Å². The van der Waals surface area contributed by atoms with E-state index in [1.54, 1.807) is 0 Å². The smallest absolute Gasteiger partial charge is 0.0569 e. The van der Waals surface area contributed by atoms with Gasteiger partial charge in [0.1, 0.15) is 0 Å². The Morgan fingerprint density at radius 2 is 2.10 bits per heavy atom. The molecule has 10 heavy (non-hydrogen) atoms. The molecule has 59 valence electrons. The van der Waals surface area contributed by atoms with E-state index in [4.69, 9.17) is 0 Å². The van der Waals surface area contributed by atoms with E-state index in [1.165, 1.54) is 0 Å². The van der Waals surface area contributed by atoms with E-state index in [0.29, 0.717) is 12.3 Å². The Kier molecular flexibility index (Phi) is 3.16. The van der Waals surface area contributed by atoms with E-state index in [0.717, 1.165) is 25.9 Å². The van der Waals surface area contributed by atoms with Crippen molar-refractivity contribution in [2.75, 3.05) is 13.1 Å². The molecule has 0 aromatic rings. The van der Waals surface area contributed by atoms with Gasteiger partial charge in [0.2, 0.25) is 0 Å². The lowest BCUT2D eigenvalue weighted by Gasteiger charge is -2.26. The van der Waals surface area contributed by atoms with Gasteiger partial charge in [0, 0.05) is 0 Å². The van der Waals surface area contributed by atoms with Gasteiger partial charge in [-0.1, -0.05) is 6.92 Å². The Bertz CT molecular complexity index is 89.3. The number of aliphatic hydroxyl groups excluding tert-OH is 1. The molecule has 1 radical (unpaired) electrons. The van der Waals surface area contributed by atoms with Crippen molar-refractivity contribution < 1.29 is 5.11 Å². The highest BCUT2D eigenvalue weighted by Gasteiger charge is 2.19. The highest BCUT2D eigenvalue weighted by molar-refractivity contribution is 4.75. The molecule has 1 atom stereocenters. The quantitative estimate of drug-likeness (QED) is 0.591. The summed E-state index contributed by atoms with van der Waals surface area (Å²) < 4.78 is 0. The summed E-state index contributed by atoms with van der Waals surface area (Å²) in [5.41, 5.74) is 0. The topological polar surface area (TPSA) is 32.3 Å². The molecule has 1 aliphatic rings. The van der Waals surface area contributed by atoms with Crippen molar-refractivity contribution in [1.29, 1.82) is 0 Å². The molecular weight excluding hydrogens is 126 g/mol. The van der Waals surface area contributed by atoms with Crippen LogP contribution in [0, 0.1) is 12.8 Å². The summed E-state index contributed by atoms with van der Waals surface area (Å²) in [6, 6.07) is 0. The van der Waals surface area contributed by atoms with Gasteiger partial charge in [-0.25, -0.2) is 0 Å². The first-order valence-electron chi connectivity index (χ1n) is 4.02. The third kappa shape index (κ3) is 1.96. The molecule has 2 nitrogen and oxygen atoms in total. The predicted octanol–water partition coefficient (Wildman–Crippen LogP) is 0.571. The molecule has 0 aromatic heterocycles. The molecule has 1 heterocycles. The first-order valence-corrected chi connectivity index (χ1v) is 4.02. The van der Waals surface area contributed by atoms with Gasteiger partial charge in [-0.05, 0) is 38.3 Å². The number of hydrogen-bond acceptors (Lipinski definition) is 2. The summed E-state index contributed by atoms with van der Waals surface area (Å²) in [5.74, 6) is 0.499. The van der Waals surface area contributed by atoms with Crippen LogP contribution in [0.5, 0.6) is 0 Å². The number of rotatable bonds is 2. The van der Waals surface area contributed by atoms with Crippen LogP contribution in [0.1, 0.15) is 19.3 Å². The fourth-order valence-corrected chi connectivity index (χ4v) is 1.46. The summed E-state index contributed by atoms with van der Waals surface area (Å²) >= 11 is 0. The number of hydrogen-bond donors (Lipinski definition) is 2. The third-order valence-corrected chi connectivity index (χ3v) is 2.22. The van der Waals surface area contributed by atoms with Gasteiger partial charge in [0.25, 0.3) is 0 Å². The minimum atomic E-state index is -0.165. The fourth-order valence-electron chi connectivity index (χ4n) is 1.46. The maximum Gasteiger partial charge on any atom is 0.0569 e. The highest BCUT2D eigenvalue weighted by Crippen LogP contribution is 2.17. The van der Waals surface area contributed by atoms with Gasteiger partial charge < -0.3 is 10.4 Å². The maximum absolute atomic E-state index is 9.39. The third-order valence-electron chi connectivity index (χ3n) is 2.22. The van der Waals surface area contributed by atoms with Crippen LogP contribution in [-0.2, 0) is 0 Å². The van der Waals surface area contributed by atoms with Crippen LogP contribution in [0.15, 0.2) is 0 Å². The van der Waals surface area contributed by atoms with Crippen LogP contribution in [0.25, 0.3) is 0 Å². The first kappa shape index (κ1) is 8.02. The van der Waals surface area contributed by atoms with Crippen molar-refractivity contribution in [3.63, 3.8) is 0 Å². The number of piperidine rings is 1. The Hall–Kier alpha value is -0.0800. The lowest BCUT2D eigenvalue weighted by Crippen LogP contribution is -2.33. The molecule has 1 saturated heterocycles. The molecule has 1 fully saturated rings. The summed E-state index contributed by atoms with van der Waals surface area (Å²) in [6.45, 7) is 5.80. The SMILES string of the molecule is [CH2]CC(O)C1CCNCC1. The molecule has 0 bridgehead atoms. The van der Waals surface area contributed by atoms with Gasteiger partial charge in [-0.2, -0.15) is 0 Å². The maximum atomic E-state index is 9.39. The summed E-state index contributed by atoms with van der Waals surface area (Å²) in [7, 11) is 0. The Morgan fingerprint density at radius 3 is 2.60 bits per heavy atom. The highest BCUT2D eigenvalue weighted by atomic mass is 16.3. The second-order valence-electron chi connectivity index (χ2n) is 2.94. The van der Waals surface area contributed by atoms with Crippen molar-refractivity contribution in [2.24, 2.45) is 5.92 Å². The zero-order chi connectivity index (χ0) is 7.40. The van der Waals surface area contributed by atoms with Gasteiger partial charge in [0.05, 0.1) is 6.10 Å². The van der Waals surface area contributed by atoms with E-state index in [1.807, 2.05) is 0 Å².